The maximum Gasteiger partial charge on any atom is 0.407 e. The van der Waals surface area contributed by atoms with E-state index >= 15 is 0 Å². The summed E-state index contributed by atoms with van der Waals surface area (Å²) in [7, 11) is 0. The normalized spacial score (nSPS) is 25.4. The van der Waals surface area contributed by atoms with Crippen LogP contribution in [0.15, 0.2) is 18.2 Å². The molecule has 1 saturated heterocycles. The number of aliphatic hydroxyl groups excluding tert-OH is 1. The molecule has 2 N–H and O–H groups in total. The molecule has 0 spiro atoms. The fourth-order valence-corrected chi connectivity index (χ4v) is 3.15. The van der Waals surface area contributed by atoms with Gasteiger partial charge >= 0.3 is 6.09 Å². The average molecular weight is 376 g/mol. The SMILES string of the molecule is CC(C)(C)[C@H]1CN(C(=O)O)C[C@H](c2ccc(Cl)c(Cl)c2)[C@H](CO)O1. The summed E-state index contributed by atoms with van der Waals surface area (Å²) in [6, 6.07) is 5.17. The number of amides is 1. The van der Waals surface area contributed by atoms with Crippen molar-refractivity contribution in [2.45, 2.75) is 38.9 Å². The Morgan fingerprint density at radius 3 is 2.46 bits per heavy atom. The Kier molecular flexibility index (Phi) is 6.02. The smallest absolute Gasteiger partial charge is 0.407 e. The largest absolute Gasteiger partial charge is 0.465 e. The molecule has 1 aliphatic rings. The second kappa shape index (κ2) is 7.48. The Labute approximate surface area is 152 Å². The van der Waals surface area contributed by atoms with Gasteiger partial charge in [-0.2, -0.15) is 0 Å². The molecule has 1 aliphatic heterocycles. The van der Waals surface area contributed by atoms with Crippen molar-refractivity contribution in [2.24, 2.45) is 5.41 Å². The average Bonchev–Trinajstić information content (AvgIpc) is 2.69. The number of hydrogen-bond acceptors (Lipinski definition) is 3. The monoisotopic (exact) mass is 375 g/mol. The molecular weight excluding hydrogens is 353 g/mol. The van der Waals surface area contributed by atoms with Gasteiger partial charge in [0, 0.05) is 12.5 Å². The first-order valence-electron chi connectivity index (χ1n) is 7.82. The molecule has 0 bridgehead atoms. The lowest BCUT2D eigenvalue weighted by molar-refractivity contribution is -0.0831. The molecule has 24 heavy (non-hydrogen) atoms. The molecule has 0 unspecified atom stereocenters. The summed E-state index contributed by atoms with van der Waals surface area (Å²) < 4.78 is 6.11. The van der Waals surface area contributed by atoms with Gasteiger partial charge in [0.1, 0.15) is 0 Å². The molecule has 134 valence electrons. The maximum absolute atomic E-state index is 11.6. The van der Waals surface area contributed by atoms with Crippen LogP contribution in [-0.2, 0) is 4.74 Å². The number of benzene rings is 1. The zero-order chi connectivity index (χ0) is 18.1. The standard InChI is InChI=1S/C17H23Cl2NO4/c1-17(2,3)15-8-20(16(22)23)7-11(14(9-21)24-15)10-4-5-12(18)13(19)6-10/h4-6,11,14-15,21H,7-9H2,1-3H3,(H,22,23)/t11-,14+,15-/m1/s1. The number of nitrogens with zero attached hydrogens (tertiary/aromatic N) is 1. The van der Waals surface area contributed by atoms with Crippen LogP contribution in [0.4, 0.5) is 4.79 Å². The number of halogens is 2. The van der Waals surface area contributed by atoms with Crippen molar-refractivity contribution < 1.29 is 19.7 Å². The zero-order valence-electron chi connectivity index (χ0n) is 14.0. The molecule has 0 radical (unpaired) electrons. The summed E-state index contributed by atoms with van der Waals surface area (Å²) >= 11 is 12.1. The summed E-state index contributed by atoms with van der Waals surface area (Å²) in [5, 5.41) is 20.2. The van der Waals surface area contributed by atoms with Gasteiger partial charge in [-0.05, 0) is 23.1 Å². The highest BCUT2D eigenvalue weighted by molar-refractivity contribution is 6.42. The quantitative estimate of drug-likeness (QED) is 0.822. The van der Waals surface area contributed by atoms with Crippen LogP contribution in [0.1, 0.15) is 32.3 Å². The van der Waals surface area contributed by atoms with E-state index in [-0.39, 0.29) is 37.1 Å². The molecule has 1 aromatic carbocycles. The predicted octanol–water partition coefficient (Wildman–Crippen LogP) is 3.86. The Balaban J connectivity index is 2.41. The first kappa shape index (κ1) is 19.3. The van der Waals surface area contributed by atoms with Gasteiger partial charge in [0.15, 0.2) is 0 Å². The Morgan fingerprint density at radius 1 is 1.29 bits per heavy atom. The minimum absolute atomic E-state index is 0.203. The molecule has 1 heterocycles. The number of carboxylic acid groups (broad SMARTS) is 1. The van der Waals surface area contributed by atoms with E-state index < -0.39 is 12.2 Å². The summed E-state index contributed by atoms with van der Waals surface area (Å²) in [4.78, 5) is 13.0. The minimum atomic E-state index is -1.00. The van der Waals surface area contributed by atoms with Crippen LogP contribution in [0.3, 0.4) is 0 Å². The first-order chi connectivity index (χ1) is 11.1. The van der Waals surface area contributed by atoms with Crippen molar-refractivity contribution in [3.63, 3.8) is 0 Å². The topological polar surface area (TPSA) is 70.0 Å². The Morgan fingerprint density at radius 2 is 1.96 bits per heavy atom. The van der Waals surface area contributed by atoms with Gasteiger partial charge in [-0.25, -0.2) is 4.79 Å². The van der Waals surface area contributed by atoms with Crippen LogP contribution in [0.2, 0.25) is 10.0 Å². The van der Waals surface area contributed by atoms with E-state index in [0.717, 1.165) is 5.56 Å². The molecular formula is C17H23Cl2NO4. The minimum Gasteiger partial charge on any atom is -0.465 e. The molecule has 0 saturated carbocycles. The van der Waals surface area contributed by atoms with Gasteiger partial charge in [0.2, 0.25) is 0 Å². The molecule has 1 fully saturated rings. The zero-order valence-corrected chi connectivity index (χ0v) is 15.5. The number of ether oxygens (including phenoxy) is 1. The van der Waals surface area contributed by atoms with E-state index in [0.29, 0.717) is 10.0 Å². The molecule has 1 aromatic rings. The van der Waals surface area contributed by atoms with Crippen LogP contribution in [0, 0.1) is 5.41 Å². The van der Waals surface area contributed by atoms with E-state index in [2.05, 4.69) is 0 Å². The summed E-state index contributed by atoms with van der Waals surface area (Å²) in [5.41, 5.74) is 0.539. The highest BCUT2D eigenvalue weighted by atomic mass is 35.5. The third-order valence-corrected chi connectivity index (χ3v) is 5.12. The summed E-state index contributed by atoms with van der Waals surface area (Å²) in [6.07, 6.45) is -1.84. The van der Waals surface area contributed by atoms with Gasteiger partial charge in [-0.3, -0.25) is 0 Å². The maximum atomic E-state index is 11.6. The van der Waals surface area contributed by atoms with Crippen LogP contribution in [-0.4, -0.2) is 53.1 Å². The van der Waals surface area contributed by atoms with Crippen molar-refractivity contribution in [2.75, 3.05) is 19.7 Å². The third kappa shape index (κ3) is 4.33. The molecule has 0 aromatic heterocycles. The third-order valence-electron chi connectivity index (χ3n) is 4.38. The van der Waals surface area contributed by atoms with Crippen molar-refractivity contribution in [3.05, 3.63) is 33.8 Å². The van der Waals surface area contributed by atoms with Crippen LogP contribution < -0.4 is 0 Å². The van der Waals surface area contributed by atoms with E-state index in [4.69, 9.17) is 27.9 Å². The molecule has 2 rings (SSSR count). The van der Waals surface area contributed by atoms with Gasteiger partial charge in [-0.1, -0.05) is 50.0 Å². The molecule has 7 heteroatoms. The lowest BCUT2D eigenvalue weighted by Gasteiger charge is -2.33. The summed E-state index contributed by atoms with van der Waals surface area (Å²) in [5.74, 6) is -0.326. The second-order valence-corrected chi connectivity index (χ2v) is 7.99. The van der Waals surface area contributed by atoms with E-state index in [1.54, 1.807) is 18.2 Å². The van der Waals surface area contributed by atoms with E-state index in [1.165, 1.54) is 4.90 Å². The Bertz CT molecular complexity index is 603. The van der Waals surface area contributed by atoms with Crippen LogP contribution in [0.25, 0.3) is 0 Å². The van der Waals surface area contributed by atoms with Crippen LogP contribution >= 0.6 is 23.2 Å². The molecule has 0 aliphatic carbocycles. The molecule has 3 atom stereocenters. The predicted molar refractivity (Wildman–Crippen MR) is 94.0 cm³/mol. The van der Waals surface area contributed by atoms with Crippen molar-refractivity contribution in [1.82, 2.24) is 4.90 Å². The van der Waals surface area contributed by atoms with Crippen molar-refractivity contribution in [1.29, 1.82) is 0 Å². The number of rotatable bonds is 2. The van der Waals surface area contributed by atoms with Gasteiger partial charge in [-0.15, -0.1) is 0 Å². The van der Waals surface area contributed by atoms with Gasteiger partial charge in [0.25, 0.3) is 0 Å². The second-order valence-electron chi connectivity index (χ2n) is 7.18. The molecule has 1 amide bonds. The number of carbonyl (C=O) groups is 1. The summed E-state index contributed by atoms with van der Waals surface area (Å²) in [6.45, 7) is 6.26. The highest BCUT2D eigenvalue weighted by Crippen LogP contribution is 2.35. The highest BCUT2D eigenvalue weighted by Gasteiger charge is 2.39. The number of aliphatic hydroxyl groups is 1. The fraction of sp³-hybridized carbons (Fsp3) is 0.588. The Hall–Kier alpha value is -1.01. The fourth-order valence-electron chi connectivity index (χ4n) is 2.85. The van der Waals surface area contributed by atoms with Gasteiger partial charge in [0.05, 0.1) is 35.4 Å². The van der Waals surface area contributed by atoms with Crippen molar-refractivity contribution in [3.8, 4) is 0 Å². The van der Waals surface area contributed by atoms with Gasteiger partial charge < -0.3 is 19.8 Å². The lowest BCUT2D eigenvalue weighted by Crippen LogP contribution is -2.42. The van der Waals surface area contributed by atoms with E-state index in [9.17, 15) is 15.0 Å². The van der Waals surface area contributed by atoms with Crippen molar-refractivity contribution >= 4 is 29.3 Å². The number of hydrogen-bond donors (Lipinski definition) is 2. The van der Waals surface area contributed by atoms with E-state index in [1.807, 2.05) is 20.8 Å². The molecule has 5 nitrogen and oxygen atoms in total. The first-order valence-corrected chi connectivity index (χ1v) is 8.58. The lowest BCUT2D eigenvalue weighted by atomic mass is 9.88. The van der Waals surface area contributed by atoms with Crippen LogP contribution in [0.5, 0.6) is 0 Å².